The lowest BCUT2D eigenvalue weighted by molar-refractivity contribution is 0.487. The van der Waals surface area contributed by atoms with Crippen LogP contribution in [-0.4, -0.2) is 21.3 Å². The average molecular weight is 222 g/mol. The van der Waals surface area contributed by atoms with Crippen LogP contribution in [0.15, 0.2) is 0 Å². The molecule has 1 aromatic rings. The van der Waals surface area contributed by atoms with Gasteiger partial charge in [0.1, 0.15) is 11.6 Å². The minimum Gasteiger partial charge on any atom is -0.329 e. The Bertz CT molecular complexity index is 326. The van der Waals surface area contributed by atoms with Gasteiger partial charge in [0.15, 0.2) is 0 Å². The van der Waals surface area contributed by atoms with E-state index in [1.807, 2.05) is 6.92 Å². The van der Waals surface area contributed by atoms with E-state index in [9.17, 15) is 0 Å². The van der Waals surface area contributed by atoms with Crippen LogP contribution in [0, 0.1) is 12.8 Å². The summed E-state index contributed by atoms with van der Waals surface area (Å²) in [5, 5.41) is 8.39. The number of aromatic nitrogens is 3. The molecule has 2 rings (SSSR count). The molecule has 0 unspecified atom stereocenters. The van der Waals surface area contributed by atoms with Gasteiger partial charge < -0.3 is 10.3 Å². The van der Waals surface area contributed by atoms with E-state index in [-0.39, 0.29) is 0 Å². The van der Waals surface area contributed by atoms with Crippen LogP contribution in [0.25, 0.3) is 0 Å². The topological polar surface area (TPSA) is 56.7 Å². The summed E-state index contributed by atoms with van der Waals surface area (Å²) in [6, 6.07) is 0. The highest BCUT2D eigenvalue weighted by Gasteiger charge is 2.16. The van der Waals surface area contributed by atoms with Crippen LogP contribution in [0.4, 0.5) is 0 Å². The minimum atomic E-state index is 0.662. The summed E-state index contributed by atoms with van der Waals surface area (Å²) in [6.45, 7) is 3.51. The van der Waals surface area contributed by atoms with Gasteiger partial charge in [-0.3, -0.25) is 0 Å². The van der Waals surface area contributed by atoms with E-state index >= 15 is 0 Å². The van der Waals surface area contributed by atoms with Gasteiger partial charge in [0.05, 0.1) is 0 Å². The van der Waals surface area contributed by atoms with Crippen molar-refractivity contribution in [1.29, 1.82) is 0 Å². The summed E-state index contributed by atoms with van der Waals surface area (Å²) >= 11 is 0. The molecule has 2 N–H and O–H groups in total. The van der Waals surface area contributed by atoms with E-state index < -0.39 is 0 Å². The molecular weight excluding hydrogens is 200 g/mol. The first-order chi connectivity index (χ1) is 7.81. The Balaban J connectivity index is 1.92. The lowest BCUT2D eigenvalue weighted by Crippen LogP contribution is -2.14. The van der Waals surface area contributed by atoms with E-state index in [0.29, 0.717) is 6.54 Å². The fraction of sp³-hybridized carbons (Fsp3) is 0.833. The summed E-state index contributed by atoms with van der Waals surface area (Å²) in [6.07, 6.45) is 7.97. The number of nitrogens with zero attached hydrogens (tertiary/aromatic N) is 3. The van der Waals surface area contributed by atoms with Crippen molar-refractivity contribution in [2.75, 3.05) is 6.54 Å². The highest BCUT2D eigenvalue weighted by Crippen LogP contribution is 2.28. The Morgan fingerprint density at radius 1 is 1.31 bits per heavy atom. The van der Waals surface area contributed by atoms with Gasteiger partial charge in [-0.05, 0) is 19.3 Å². The molecule has 4 heteroatoms. The van der Waals surface area contributed by atoms with Crippen molar-refractivity contribution >= 4 is 0 Å². The van der Waals surface area contributed by atoms with E-state index in [4.69, 9.17) is 5.73 Å². The minimum absolute atomic E-state index is 0.662. The fourth-order valence-corrected chi connectivity index (χ4v) is 2.66. The van der Waals surface area contributed by atoms with Crippen molar-refractivity contribution in [3.05, 3.63) is 11.6 Å². The Hall–Kier alpha value is -0.900. The van der Waals surface area contributed by atoms with Gasteiger partial charge in [0.25, 0.3) is 0 Å². The summed E-state index contributed by atoms with van der Waals surface area (Å²) in [7, 11) is 0. The van der Waals surface area contributed by atoms with Gasteiger partial charge in [-0.2, -0.15) is 0 Å². The normalized spacial score (nSPS) is 17.1. The first-order valence-corrected chi connectivity index (χ1v) is 6.40. The van der Waals surface area contributed by atoms with E-state index in [1.54, 1.807) is 0 Å². The van der Waals surface area contributed by atoms with Gasteiger partial charge in [0, 0.05) is 19.5 Å². The molecule has 0 radical (unpaired) electrons. The molecular formula is C12H22N4. The maximum atomic E-state index is 5.60. The Labute approximate surface area is 97.2 Å². The molecule has 1 heterocycles. The van der Waals surface area contributed by atoms with Gasteiger partial charge in [-0.25, -0.2) is 0 Å². The number of nitrogens with two attached hydrogens (primary N) is 1. The average Bonchev–Trinajstić information content (AvgIpc) is 2.89. The highest BCUT2D eigenvalue weighted by atomic mass is 15.3. The van der Waals surface area contributed by atoms with Gasteiger partial charge in [-0.15, -0.1) is 10.2 Å². The zero-order valence-electron chi connectivity index (χ0n) is 10.2. The first-order valence-electron chi connectivity index (χ1n) is 6.40. The summed E-state index contributed by atoms with van der Waals surface area (Å²) < 4.78 is 2.16. The molecule has 1 aliphatic rings. The lowest BCUT2D eigenvalue weighted by atomic mass is 10.0. The molecule has 1 aliphatic carbocycles. The number of rotatable bonds is 5. The van der Waals surface area contributed by atoms with Crippen molar-refractivity contribution in [3.63, 3.8) is 0 Å². The molecule has 1 fully saturated rings. The van der Waals surface area contributed by atoms with E-state index in [1.165, 1.54) is 32.1 Å². The quantitative estimate of drug-likeness (QED) is 0.824. The second-order valence-corrected chi connectivity index (χ2v) is 4.79. The fourth-order valence-electron chi connectivity index (χ4n) is 2.66. The first kappa shape index (κ1) is 11.6. The zero-order valence-corrected chi connectivity index (χ0v) is 10.2. The van der Waals surface area contributed by atoms with Crippen LogP contribution < -0.4 is 5.73 Å². The predicted molar refractivity (Wildman–Crippen MR) is 64.1 cm³/mol. The summed E-state index contributed by atoms with van der Waals surface area (Å²) in [5.74, 6) is 3.03. The Morgan fingerprint density at radius 2 is 2.06 bits per heavy atom. The van der Waals surface area contributed by atoms with Crippen LogP contribution in [0.3, 0.4) is 0 Å². The van der Waals surface area contributed by atoms with Crippen molar-refractivity contribution in [3.8, 4) is 0 Å². The highest BCUT2D eigenvalue weighted by molar-refractivity contribution is 4.94. The molecule has 0 aliphatic heterocycles. The van der Waals surface area contributed by atoms with Gasteiger partial charge in [-0.1, -0.05) is 25.7 Å². The largest absolute Gasteiger partial charge is 0.329 e. The zero-order chi connectivity index (χ0) is 11.4. The van der Waals surface area contributed by atoms with Gasteiger partial charge in [0.2, 0.25) is 0 Å². The van der Waals surface area contributed by atoms with Crippen molar-refractivity contribution in [2.45, 2.75) is 52.0 Å². The molecule has 0 bridgehead atoms. The van der Waals surface area contributed by atoms with Crippen LogP contribution in [0.2, 0.25) is 0 Å². The van der Waals surface area contributed by atoms with Crippen LogP contribution in [-0.2, 0) is 13.0 Å². The second kappa shape index (κ2) is 5.43. The predicted octanol–water partition coefficient (Wildman–Crippen LogP) is 1.67. The third-order valence-electron chi connectivity index (χ3n) is 3.62. The molecule has 4 nitrogen and oxygen atoms in total. The molecule has 0 saturated heterocycles. The molecule has 0 atom stereocenters. The van der Waals surface area contributed by atoms with Crippen LogP contribution in [0.1, 0.15) is 43.8 Å². The SMILES string of the molecule is Cc1nnc(CCC2CCCC2)n1CCN. The standard InChI is InChI=1S/C12H22N4/c1-10-14-15-12(16(10)9-8-13)7-6-11-4-2-3-5-11/h11H,2-9,13H2,1H3. The maximum Gasteiger partial charge on any atom is 0.133 e. The molecule has 1 aromatic heterocycles. The number of hydrogen-bond donors (Lipinski definition) is 1. The van der Waals surface area contributed by atoms with Crippen molar-refractivity contribution in [2.24, 2.45) is 11.7 Å². The van der Waals surface area contributed by atoms with Gasteiger partial charge >= 0.3 is 0 Å². The van der Waals surface area contributed by atoms with E-state index in [0.717, 1.165) is 30.5 Å². The third kappa shape index (κ3) is 2.61. The summed E-state index contributed by atoms with van der Waals surface area (Å²) in [5.41, 5.74) is 5.60. The smallest absolute Gasteiger partial charge is 0.133 e. The maximum absolute atomic E-state index is 5.60. The molecule has 16 heavy (non-hydrogen) atoms. The number of hydrogen-bond acceptors (Lipinski definition) is 3. The Kier molecular flexibility index (Phi) is 3.93. The molecule has 0 spiro atoms. The van der Waals surface area contributed by atoms with Crippen molar-refractivity contribution in [1.82, 2.24) is 14.8 Å². The summed E-state index contributed by atoms with van der Waals surface area (Å²) in [4.78, 5) is 0. The molecule has 90 valence electrons. The monoisotopic (exact) mass is 222 g/mol. The van der Waals surface area contributed by atoms with Crippen LogP contribution in [0.5, 0.6) is 0 Å². The van der Waals surface area contributed by atoms with Crippen molar-refractivity contribution < 1.29 is 0 Å². The second-order valence-electron chi connectivity index (χ2n) is 4.79. The number of aryl methyl sites for hydroxylation is 2. The third-order valence-corrected chi connectivity index (χ3v) is 3.62. The van der Waals surface area contributed by atoms with Crippen LogP contribution >= 0.6 is 0 Å². The molecule has 0 amide bonds. The van der Waals surface area contributed by atoms with E-state index in [2.05, 4.69) is 14.8 Å². The lowest BCUT2D eigenvalue weighted by Gasteiger charge is -2.10. The Morgan fingerprint density at radius 3 is 2.75 bits per heavy atom. The molecule has 1 saturated carbocycles. The molecule has 0 aromatic carbocycles.